The Hall–Kier alpha value is -5.22. The summed E-state index contributed by atoms with van der Waals surface area (Å²) in [6.45, 7) is 4.87. The molecule has 224 valence electrons. The first-order valence-corrected chi connectivity index (χ1v) is 16.4. The van der Waals surface area contributed by atoms with Crippen molar-refractivity contribution in [1.29, 1.82) is 0 Å². The highest BCUT2D eigenvalue weighted by Gasteiger charge is 2.21. The van der Waals surface area contributed by atoms with Crippen molar-refractivity contribution in [3.63, 3.8) is 0 Å². The van der Waals surface area contributed by atoms with Crippen LogP contribution >= 0.6 is 0 Å². The summed E-state index contributed by atoms with van der Waals surface area (Å²) in [4.78, 5) is 0. The van der Waals surface area contributed by atoms with Crippen LogP contribution in [0.1, 0.15) is 61.1 Å². The second-order valence-electron chi connectivity index (χ2n) is 12.4. The molecule has 7 aromatic rings. The molecular formula is C43H36N2O. The summed E-state index contributed by atoms with van der Waals surface area (Å²) in [5.41, 5.74) is 10.7. The van der Waals surface area contributed by atoms with Gasteiger partial charge in [0.25, 0.3) is 0 Å². The van der Waals surface area contributed by atoms with Gasteiger partial charge in [-0.15, -0.1) is 5.92 Å². The number of nitrogens with zero attached hydrogens (tertiary/aromatic N) is 2. The maximum Gasteiger partial charge on any atom is 0.134 e. The van der Waals surface area contributed by atoms with E-state index in [-0.39, 0.29) is 6.23 Å². The fraction of sp³-hybridized carbons (Fsp3) is 0.209. The molecule has 0 amide bonds. The van der Waals surface area contributed by atoms with Crippen LogP contribution in [0.3, 0.4) is 0 Å². The molecule has 46 heavy (non-hydrogen) atoms. The minimum absolute atomic E-state index is 0.0753. The van der Waals surface area contributed by atoms with E-state index in [4.69, 9.17) is 4.74 Å². The molecule has 3 heteroatoms. The Morgan fingerprint density at radius 2 is 1.37 bits per heavy atom. The number of ether oxygens (including phenoxy) is 1. The van der Waals surface area contributed by atoms with Crippen molar-refractivity contribution in [2.75, 3.05) is 6.61 Å². The predicted molar refractivity (Wildman–Crippen MR) is 192 cm³/mol. The van der Waals surface area contributed by atoms with E-state index in [1.165, 1.54) is 61.2 Å². The van der Waals surface area contributed by atoms with E-state index in [1.54, 1.807) is 0 Å². The van der Waals surface area contributed by atoms with E-state index in [2.05, 4.69) is 143 Å². The molecule has 8 rings (SSSR count). The molecule has 0 bridgehead atoms. The SMILES string of the molecule is CC#Cc1ccc2c3ccc(CCC#Cc4ccc5c6ccc(C)cc6n(C6CCCCO6)c5c4)cc3n(-c3ccccc3)c2c1. The minimum Gasteiger partial charge on any atom is -0.358 e. The predicted octanol–water partition coefficient (Wildman–Crippen LogP) is 10.3. The molecule has 0 aliphatic carbocycles. The minimum atomic E-state index is 0.0753. The van der Waals surface area contributed by atoms with Crippen molar-refractivity contribution in [3.8, 4) is 29.4 Å². The molecule has 0 saturated carbocycles. The highest BCUT2D eigenvalue weighted by Crippen LogP contribution is 2.37. The molecule has 5 aromatic carbocycles. The Balaban J connectivity index is 1.12. The van der Waals surface area contributed by atoms with E-state index in [9.17, 15) is 0 Å². The van der Waals surface area contributed by atoms with Crippen LogP contribution in [0.5, 0.6) is 0 Å². The maximum atomic E-state index is 6.29. The van der Waals surface area contributed by atoms with Gasteiger partial charge in [-0.3, -0.25) is 0 Å². The van der Waals surface area contributed by atoms with Crippen LogP contribution in [0.15, 0.2) is 103 Å². The third-order valence-electron chi connectivity index (χ3n) is 9.29. The molecule has 1 fully saturated rings. The lowest BCUT2D eigenvalue weighted by atomic mass is 10.1. The van der Waals surface area contributed by atoms with Crippen LogP contribution < -0.4 is 0 Å². The number of rotatable bonds is 4. The molecule has 0 spiro atoms. The standard InChI is InChI=1S/C43H36N2O/c1-3-11-31-18-22-36-37-23-19-32(28-41(37)44(40(36)27-31)34-14-5-4-6-15-34)12-7-8-13-33-20-24-38-35-21-17-30(2)26-39(35)45(42(38)29-33)43-16-9-10-25-46-43/h4-6,14-15,17-24,26-29,43H,7,9-10,12,16,25H2,1-2H3. The largest absolute Gasteiger partial charge is 0.358 e. The van der Waals surface area contributed by atoms with Crippen molar-refractivity contribution in [3.05, 3.63) is 125 Å². The third-order valence-corrected chi connectivity index (χ3v) is 9.29. The Morgan fingerprint density at radius 3 is 2.13 bits per heavy atom. The van der Waals surface area contributed by atoms with Gasteiger partial charge in [-0.05, 0) is 99.2 Å². The van der Waals surface area contributed by atoms with Crippen molar-refractivity contribution in [2.24, 2.45) is 0 Å². The zero-order valence-electron chi connectivity index (χ0n) is 26.4. The summed E-state index contributed by atoms with van der Waals surface area (Å²) in [7, 11) is 0. The van der Waals surface area contributed by atoms with Crippen LogP contribution in [-0.4, -0.2) is 15.7 Å². The second kappa shape index (κ2) is 11.9. The van der Waals surface area contributed by atoms with Crippen LogP contribution in [0, 0.1) is 30.6 Å². The van der Waals surface area contributed by atoms with Crippen LogP contribution in [-0.2, 0) is 11.2 Å². The summed E-state index contributed by atoms with van der Waals surface area (Å²) >= 11 is 0. The van der Waals surface area contributed by atoms with Crippen LogP contribution in [0.4, 0.5) is 0 Å². The molecule has 0 radical (unpaired) electrons. The number of hydrogen-bond donors (Lipinski definition) is 0. The van der Waals surface area contributed by atoms with Gasteiger partial charge < -0.3 is 13.9 Å². The van der Waals surface area contributed by atoms with Gasteiger partial charge in [-0.1, -0.05) is 72.4 Å². The quantitative estimate of drug-likeness (QED) is 0.185. The van der Waals surface area contributed by atoms with E-state index < -0.39 is 0 Å². The topological polar surface area (TPSA) is 19.1 Å². The van der Waals surface area contributed by atoms with E-state index in [1.807, 2.05) is 6.92 Å². The fourth-order valence-corrected chi connectivity index (χ4v) is 7.14. The molecule has 3 heterocycles. The lowest BCUT2D eigenvalue weighted by molar-refractivity contribution is -0.0267. The first kappa shape index (κ1) is 28.3. The summed E-state index contributed by atoms with van der Waals surface area (Å²) in [6, 6.07) is 37.4. The number of hydrogen-bond acceptors (Lipinski definition) is 1. The number of para-hydroxylation sites is 1. The van der Waals surface area contributed by atoms with Gasteiger partial charge in [0.1, 0.15) is 6.23 Å². The average Bonchev–Trinajstić information content (AvgIpc) is 3.58. The zero-order chi connectivity index (χ0) is 31.0. The lowest BCUT2D eigenvalue weighted by Crippen LogP contribution is -2.17. The number of aryl methyl sites for hydroxylation is 2. The fourth-order valence-electron chi connectivity index (χ4n) is 7.14. The molecule has 0 N–H and O–H groups in total. The van der Waals surface area contributed by atoms with Gasteiger partial charge in [-0.2, -0.15) is 0 Å². The van der Waals surface area contributed by atoms with Gasteiger partial charge in [-0.25, -0.2) is 0 Å². The third kappa shape index (κ3) is 5.04. The summed E-state index contributed by atoms with van der Waals surface area (Å²) in [5.74, 6) is 13.3. The molecule has 3 nitrogen and oxygen atoms in total. The Kier molecular flexibility index (Phi) is 7.34. The molecule has 1 unspecified atom stereocenters. The van der Waals surface area contributed by atoms with Crippen LogP contribution in [0.25, 0.3) is 49.3 Å². The second-order valence-corrected chi connectivity index (χ2v) is 12.4. The Morgan fingerprint density at radius 1 is 0.696 bits per heavy atom. The van der Waals surface area contributed by atoms with Crippen molar-refractivity contribution < 1.29 is 4.74 Å². The van der Waals surface area contributed by atoms with Gasteiger partial charge in [0.2, 0.25) is 0 Å². The molecular weight excluding hydrogens is 560 g/mol. The average molecular weight is 597 g/mol. The smallest absolute Gasteiger partial charge is 0.134 e. The monoisotopic (exact) mass is 596 g/mol. The maximum absolute atomic E-state index is 6.29. The van der Waals surface area contributed by atoms with Gasteiger partial charge in [0.15, 0.2) is 0 Å². The Labute approximate surface area is 270 Å². The molecule has 1 saturated heterocycles. The van der Waals surface area contributed by atoms with E-state index in [0.717, 1.165) is 49.1 Å². The summed E-state index contributed by atoms with van der Waals surface area (Å²) < 4.78 is 11.1. The van der Waals surface area contributed by atoms with Crippen LogP contribution in [0.2, 0.25) is 0 Å². The van der Waals surface area contributed by atoms with E-state index in [0.29, 0.717) is 0 Å². The van der Waals surface area contributed by atoms with Gasteiger partial charge >= 0.3 is 0 Å². The first-order valence-electron chi connectivity index (χ1n) is 16.4. The molecule has 1 aliphatic rings. The highest BCUT2D eigenvalue weighted by atomic mass is 16.5. The molecule has 1 atom stereocenters. The van der Waals surface area contributed by atoms with E-state index >= 15 is 0 Å². The summed E-state index contributed by atoms with van der Waals surface area (Å²) in [6.07, 6.45) is 5.14. The van der Waals surface area contributed by atoms with Gasteiger partial charge in [0.05, 0.1) is 22.1 Å². The van der Waals surface area contributed by atoms with Crippen molar-refractivity contribution >= 4 is 43.6 Å². The summed E-state index contributed by atoms with van der Waals surface area (Å²) in [5, 5.41) is 5.05. The normalized spacial score (nSPS) is 14.8. The highest BCUT2D eigenvalue weighted by molar-refractivity contribution is 6.10. The first-order chi connectivity index (χ1) is 22.7. The lowest BCUT2D eigenvalue weighted by Gasteiger charge is -2.25. The van der Waals surface area contributed by atoms with Crippen molar-refractivity contribution in [2.45, 2.75) is 52.2 Å². The number of fused-ring (bicyclic) bond motifs is 6. The van der Waals surface area contributed by atoms with Gasteiger partial charge in [0, 0.05) is 51.4 Å². The molecule has 2 aromatic heterocycles. The Bertz CT molecular complexity index is 2380. The molecule has 1 aliphatic heterocycles. The number of aromatic nitrogens is 2. The zero-order valence-corrected chi connectivity index (χ0v) is 26.4. The van der Waals surface area contributed by atoms with Crippen molar-refractivity contribution in [1.82, 2.24) is 9.13 Å². The number of benzene rings is 5.